The summed E-state index contributed by atoms with van der Waals surface area (Å²) in [7, 11) is 0. The van der Waals surface area contributed by atoms with Crippen molar-refractivity contribution in [1.29, 1.82) is 0 Å². The van der Waals surface area contributed by atoms with Crippen molar-refractivity contribution in [3.8, 4) is 22.6 Å². The van der Waals surface area contributed by atoms with Gasteiger partial charge in [0.2, 0.25) is 0 Å². The average molecular weight is 478 g/mol. The minimum atomic E-state index is -0.0676. The third-order valence-electron chi connectivity index (χ3n) is 7.06. The fourth-order valence-corrected chi connectivity index (χ4v) is 5.15. The van der Waals surface area contributed by atoms with Crippen LogP contribution in [0, 0.1) is 6.92 Å². The molecule has 6 rings (SSSR count). The number of aromatic hydroxyl groups is 1. The molecule has 1 atom stereocenters. The van der Waals surface area contributed by atoms with E-state index in [1.54, 1.807) is 22.9 Å². The van der Waals surface area contributed by atoms with Gasteiger partial charge in [0.15, 0.2) is 5.65 Å². The summed E-state index contributed by atoms with van der Waals surface area (Å²) in [5.41, 5.74) is 6.55. The average Bonchev–Trinajstić information content (AvgIpc) is 3.47. The number of aromatic nitrogens is 4. The second-order valence-electron chi connectivity index (χ2n) is 9.37. The van der Waals surface area contributed by atoms with Gasteiger partial charge in [-0.3, -0.25) is 19.0 Å². The molecular formula is C29H27N5O2. The van der Waals surface area contributed by atoms with Crippen molar-refractivity contribution in [2.45, 2.75) is 25.9 Å². The zero-order valence-corrected chi connectivity index (χ0v) is 20.1. The first-order chi connectivity index (χ1) is 17.6. The number of aryl methyl sites for hydroxylation is 1. The van der Waals surface area contributed by atoms with E-state index in [0.29, 0.717) is 5.65 Å². The Kier molecular flexibility index (Phi) is 5.62. The summed E-state index contributed by atoms with van der Waals surface area (Å²) in [4.78, 5) is 25.3. The van der Waals surface area contributed by atoms with E-state index in [2.05, 4.69) is 27.9 Å². The van der Waals surface area contributed by atoms with Crippen molar-refractivity contribution in [2.75, 3.05) is 13.1 Å². The number of fused-ring (bicyclic) bond motifs is 1. The topological polar surface area (TPSA) is 76.2 Å². The molecule has 0 spiro atoms. The Hall–Kier alpha value is -4.23. The number of benzene rings is 2. The summed E-state index contributed by atoms with van der Waals surface area (Å²) in [5.74, 6) is 0.239. The standard InChI is InChI=1S/C29H27N5O2/c1-20-4-2-15-30-26(20)19-32-17-14-24(18-32)34-28-27(5-3-16-31-28)33(29(34)36)23-10-6-21(7-11-23)22-8-12-25(35)13-9-22/h2-13,15-16,24,35H,14,17-19H2,1H3/t24-/m0/s1. The number of hydrogen-bond donors (Lipinski definition) is 1. The molecule has 1 saturated heterocycles. The molecule has 0 unspecified atom stereocenters. The maximum atomic E-state index is 13.8. The van der Waals surface area contributed by atoms with E-state index in [-0.39, 0.29) is 17.5 Å². The molecule has 1 fully saturated rings. The van der Waals surface area contributed by atoms with Crippen molar-refractivity contribution < 1.29 is 5.11 Å². The summed E-state index contributed by atoms with van der Waals surface area (Å²) in [6.07, 6.45) is 4.48. The van der Waals surface area contributed by atoms with E-state index in [4.69, 9.17) is 0 Å². The van der Waals surface area contributed by atoms with Crippen molar-refractivity contribution in [3.63, 3.8) is 0 Å². The van der Waals surface area contributed by atoms with Gasteiger partial charge in [-0.2, -0.15) is 0 Å². The van der Waals surface area contributed by atoms with Gasteiger partial charge in [-0.15, -0.1) is 0 Å². The minimum absolute atomic E-state index is 0.0523. The Labute approximate surface area is 208 Å². The Morgan fingerprint density at radius 3 is 2.36 bits per heavy atom. The molecule has 2 aromatic carbocycles. The van der Waals surface area contributed by atoms with Gasteiger partial charge < -0.3 is 5.11 Å². The summed E-state index contributed by atoms with van der Waals surface area (Å²) < 4.78 is 3.63. The molecule has 1 N–H and O–H groups in total. The molecule has 1 aliphatic heterocycles. The second-order valence-corrected chi connectivity index (χ2v) is 9.37. The molecule has 5 aromatic rings. The number of phenolic OH excluding ortho intramolecular Hbond substituents is 1. The molecule has 0 aliphatic carbocycles. The lowest BCUT2D eigenvalue weighted by molar-refractivity contribution is 0.311. The third kappa shape index (κ3) is 3.97. The summed E-state index contributed by atoms with van der Waals surface area (Å²) >= 11 is 0. The van der Waals surface area contributed by atoms with Crippen molar-refractivity contribution in [3.05, 3.63) is 107 Å². The second kappa shape index (κ2) is 9.09. The fourth-order valence-electron chi connectivity index (χ4n) is 5.15. The highest BCUT2D eigenvalue weighted by Gasteiger charge is 2.29. The summed E-state index contributed by atoms with van der Waals surface area (Å²) in [5, 5.41) is 9.57. The SMILES string of the molecule is Cc1cccnc1CN1CC[C@H](n2c(=O)n(-c3ccc(-c4ccc(O)cc4)cc3)c3cccnc32)C1. The zero-order chi connectivity index (χ0) is 24.6. The predicted octanol–water partition coefficient (Wildman–Crippen LogP) is 4.71. The van der Waals surface area contributed by atoms with Gasteiger partial charge in [-0.05, 0) is 72.5 Å². The van der Waals surface area contributed by atoms with Crippen LogP contribution in [0.5, 0.6) is 5.75 Å². The number of rotatable bonds is 5. The van der Waals surface area contributed by atoms with Crippen LogP contribution >= 0.6 is 0 Å². The predicted molar refractivity (Wildman–Crippen MR) is 140 cm³/mol. The summed E-state index contributed by atoms with van der Waals surface area (Å²) in [6.45, 7) is 4.56. The zero-order valence-electron chi connectivity index (χ0n) is 20.1. The lowest BCUT2D eigenvalue weighted by Crippen LogP contribution is -2.29. The van der Waals surface area contributed by atoms with Crippen LogP contribution in [0.25, 0.3) is 28.0 Å². The first-order valence-corrected chi connectivity index (χ1v) is 12.2. The van der Waals surface area contributed by atoms with Gasteiger partial charge in [0.05, 0.1) is 22.9 Å². The molecule has 3 aromatic heterocycles. The number of nitrogens with zero attached hydrogens (tertiary/aromatic N) is 5. The van der Waals surface area contributed by atoms with Crippen LogP contribution < -0.4 is 5.69 Å². The van der Waals surface area contributed by atoms with Crippen LogP contribution in [0.2, 0.25) is 0 Å². The maximum Gasteiger partial charge on any atom is 0.335 e. The van der Waals surface area contributed by atoms with Crippen LogP contribution in [-0.2, 0) is 6.54 Å². The largest absolute Gasteiger partial charge is 0.508 e. The monoisotopic (exact) mass is 477 g/mol. The van der Waals surface area contributed by atoms with Gasteiger partial charge in [0.1, 0.15) is 5.75 Å². The van der Waals surface area contributed by atoms with Gasteiger partial charge in [-0.25, -0.2) is 9.78 Å². The van der Waals surface area contributed by atoms with Crippen molar-refractivity contribution in [1.82, 2.24) is 24.0 Å². The molecule has 180 valence electrons. The van der Waals surface area contributed by atoms with Gasteiger partial charge in [0, 0.05) is 32.0 Å². The van der Waals surface area contributed by atoms with Crippen LogP contribution in [0.15, 0.2) is 90.0 Å². The smallest absolute Gasteiger partial charge is 0.335 e. The fraction of sp³-hybridized carbons (Fsp3) is 0.207. The lowest BCUT2D eigenvalue weighted by atomic mass is 10.1. The Balaban J connectivity index is 1.33. The van der Waals surface area contributed by atoms with Crippen LogP contribution in [-0.4, -0.2) is 42.2 Å². The molecule has 0 amide bonds. The third-order valence-corrected chi connectivity index (χ3v) is 7.06. The normalized spacial score (nSPS) is 16.1. The number of pyridine rings is 2. The summed E-state index contributed by atoms with van der Waals surface area (Å²) in [6, 6.07) is 23.0. The Bertz CT molecular complexity index is 1590. The first kappa shape index (κ1) is 22.2. The molecule has 0 bridgehead atoms. The molecule has 7 nitrogen and oxygen atoms in total. The number of phenols is 1. The highest BCUT2D eigenvalue weighted by atomic mass is 16.3. The molecule has 0 radical (unpaired) electrons. The lowest BCUT2D eigenvalue weighted by Gasteiger charge is -2.17. The van der Waals surface area contributed by atoms with Crippen LogP contribution in [0.4, 0.5) is 0 Å². The van der Waals surface area contributed by atoms with E-state index < -0.39 is 0 Å². The Morgan fingerprint density at radius 1 is 0.917 bits per heavy atom. The maximum absolute atomic E-state index is 13.8. The molecule has 1 aliphatic rings. The van der Waals surface area contributed by atoms with Crippen LogP contribution in [0.3, 0.4) is 0 Å². The van der Waals surface area contributed by atoms with E-state index in [1.807, 2.05) is 65.4 Å². The molecule has 36 heavy (non-hydrogen) atoms. The van der Waals surface area contributed by atoms with Gasteiger partial charge in [0.25, 0.3) is 0 Å². The van der Waals surface area contributed by atoms with Crippen molar-refractivity contribution in [2.24, 2.45) is 0 Å². The molecule has 0 saturated carbocycles. The van der Waals surface area contributed by atoms with E-state index in [9.17, 15) is 9.90 Å². The number of likely N-dealkylation sites (tertiary alicyclic amines) is 1. The van der Waals surface area contributed by atoms with Crippen LogP contribution in [0.1, 0.15) is 23.7 Å². The van der Waals surface area contributed by atoms with E-state index >= 15 is 0 Å². The molecule has 7 heteroatoms. The highest BCUT2D eigenvalue weighted by Crippen LogP contribution is 2.28. The Morgan fingerprint density at radius 2 is 1.61 bits per heavy atom. The minimum Gasteiger partial charge on any atom is -0.508 e. The quantitative estimate of drug-likeness (QED) is 0.397. The number of hydrogen-bond acceptors (Lipinski definition) is 5. The first-order valence-electron chi connectivity index (χ1n) is 12.2. The van der Waals surface area contributed by atoms with E-state index in [1.165, 1.54) is 5.56 Å². The van der Waals surface area contributed by atoms with Crippen molar-refractivity contribution >= 4 is 11.2 Å². The number of imidazole rings is 1. The molecular weight excluding hydrogens is 450 g/mol. The highest BCUT2D eigenvalue weighted by molar-refractivity contribution is 5.75. The van der Waals surface area contributed by atoms with Gasteiger partial charge in [-0.1, -0.05) is 30.3 Å². The van der Waals surface area contributed by atoms with Gasteiger partial charge >= 0.3 is 5.69 Å². The van der Waals surface area contributed by atoms with E-state index in [0.717, 1.165) is 54.1 Å². The molecule has 4 heterocycles.